The molecule has 0 aliphatic carbocycles. The summed E-state index contributed by atoms with van der Waals surface area (Å²) < 4.78 is 40.9. The monoisotopic (exact) mass is 447 g/mol. The minimum absolute atomic E-state index is 0.127. The van der Waals surface area contributed by atoms with Crippen molar-refractivity contribution in [3.05, 3.63) is 64.8 Å². The van der Waals surface area contributed by atoms with Gasteiger partial charge >= 0.3 is 0 Å². The number of amides is 1. The smallest absolute Gasteiger partial charge is 0.260 e. The Morgan fingerprint density at radius 1 is 1.17 bits per heavy atom. The van der Waals surface area contributed by atoms with E-state index < -0.39 is 21.7 Å². The third kappa shape index (κ3) is 4.43. The van der Waals surface area contributed by atoms with Crippen molar-refractivity contribution in [3.63, 3.8) is 0 Å². The minimum atomic E-state index is -3.81. The maximum atomic E-state index is 14.3. The van der Waals surface area contributed by atoms with E-state index in [4.69, 9.17) is 0 Å². The second kappa shape index (κ2) is 9.03. The van der Waals surface area contributed by atoms with E-state index in [2.05, 4.69) is 10.3 Å². The maximum Gasteiger partial charge on any atom is 0.260 e. The van der Waals surface area contributed by atoms with Gasteiger partial charge in [0.15, 0.2) is 5.13 Å². The fourth-order valence-electron chi connectivity index (χ4n) is 3.03. The molecular formula is C21H22FN3O3S2. The SMILES string of the molecule is CCN(CC)S(=O)(=O)c1ccc(F)c(C(=O)Nc2nc(-c3ccccc3C)cs2)c1. The minimum Gasteiger partial charge on any atom is -0.298 e. The number of carbonyl (C=O) groups is 1. The number of nitrogens with one attached hydrogen (secondary N) is 1. The molecule has 158 valence electrons. The lowest BCUT2D eigenvalue weighted by molar-refractivity contribution is 0.102. The Morgan fingerprint density at radius 3 is 2.53 bits per heavy atom. The van der Waals surface area contributed by atoms with Crippen LogP contribution in [-0.4, -0.2) is 36.7 Å². The van der Waals surface area contributed by atoms with Crippen LogP contribution >= 0.6 is 11.3 Å². The van der Waals surface area contributed by atoms with Gasteiger partial charge in [-0.2, -0.15) is 4.31 Å². The maximum absolute atomic E-state index is 14.3. The Morgan fingerprint density at radius 2 is 1.87 bits per heavy atom. The quantitative estimate of drug-likeness (QED) is 0.577. The second-order valence-electron chi connectivity index (χ2n) is 6.54. The molecule has 6 nitrogen and oxygen atoms in total. The van der Waals surface area contributed by atoms with E-state index >= 15 is 0 Å². The second-order valence-corrected chi connectivity index (χ2v) is 9.33. The zero-order valence-corrected chi connectivity index (χ0v) is 18.5. The Balaban J connectivity index is 1.87. The summed E-state index contributed by atoms with van der Waals surface area (Å²) in [6.07, 6.45) is 0. The normalized spacial score (nSPS) is 11.6. The van der Waals surface area contributed by atoms with Crippen LogP contribution in [0.25, 0.3) is 11.3 Å². The molecule has 3 aromatic rings. The van der Waals surface area contributed by atoms with Crippen LogP contribution < -0.4 is 5.32 Å². The molecule has 2 aromatic carbocycles. The van der Waals surface area contributed by atoms with Gasteiger partial charge in [-0.15, -0.1) is 11.3 Å². The van der Waals surface area contributed by atoms with Crippen LogP contribution in [-0.2, 0) is 10.0 Å². The Bertz CT molecular complexity index is 1170. The zero-order chi connectivity index (χ0) is 21.9. The van der Waals surface area contributed by atoms with Crippen LogP contribution in [0.5, 0.6) is 0 Å². The molecule has 0 saturated carbocycles. The van der Waals surface area contributed by atoms with Crippen LogP contribution in [0.15, 0.2) is 52.7 Å². The van der Waals surface area contributed by atoms with Crippen molar-refractivity contribution in [1.82, 2.24) is 9.29 Å². The molecule has 0 bridgehead atoms. The average Bonchev–Trinajstić information content (AvgIpc) is 3.17. The Hall–Kier alpha value is -2.62. The molecule has 9 heteroatoms. The molecule has 0 atom stereocenters. The van der Waals surface area contributed by atoms with Gasteiger partial charge in [0, 0.05) is 24.0 Å². The molecule has 0 saturated heterocycles. The van der Waals surface area contributed by atoms with Gasteiger partial charge in [0.1, 0.15) is 5.82 Å². The largest absolute Gasteiger partial charge is 0.298 e. The molecule has 1 amide bonds. The number of benzene rings is 2. The van der Waals surface area contributed by atoms with E-state index in [1.807, 2.05) is 31.2 Å². The number of sulfonamides is 1. The van der Waals surface area contributed by atoms with Gasteiger partial charge < -0.3 is 0 Å². The van der Waals surface area contributed by atoms with Crippen LogP contribution in [0.2, 0.25) is 0 Å². The lowest BCUT2D eigenvalue weighted by Gasteiger charge is -2.18. The third-order valence-electron chi connectivity index (χ3n) is 4.67. The van der Waals surface area contributed by atoms with Crippen molar-refractivity contribution in [2.45, 2.75) is 25.7 Å². The van der Waals surface area contributed by atoms with Crippen molar-refractivity contribution in [2.24, 2.45) is 0 Å². The summed E-state index contributed by atoms with van der Waals surface area (Å²) in [6, 6.07) is 10.9. The fraction of sp³-hybridized carbons (Fsp3) is 0.238. The number of rotatable bonds is 7. The number of hydrogen-bond acceptors (Lipinski definition) is 5. The molecule has 0 aliphatic heterocycles. The summed E-state index contributed by atoms with van der Waals surface area (Å²) in [7, 11) is -3.81. The predicted octanol–water partition coefficient (Wildman–Crippen LogP) is 4.54. The van der Waals surface area contributed by atoms with E-state index in [9.17, 15) is 17.6 Å². The number of aryl methyl sites for hydroxylation is 1. The molecule has 0 fully saturated rings. The van der Waals surface area contributed by atoms with Crippen molar-refractivity contribution in [1.29, 1.82) is 0 Å². The van der Waals surface area contributed by atoms with Gasteiger partial charge in [-0.1, -0.05) is 38.1 Å². The molecule has 1 heterocycles. The number of aromatic nitrogens is 1. The number of anilines is 1. The number of hydrogen-bond donors (Lipinski definition) is 1. The molecule has 0 radical (unpaired) electrons. The highest BCUT2D eigenvalue weighted by molar-refractivity contribution is 7.89. The first-order chi connectivity index (χ1) is 14.3. The summed E-state index contributed by atoms with van der Waals surface area (Å²) in [4.78, 5) is 16.9. The molecule has 0 spiro atoms. The van der Waals surface area contributed by atoms with E-state index in [1.54, 1.807) is 19.2 Å². The number of carbonyl (C=O) groups excluding carboxylic acids is 1. The highest BCUT2D eigenvalue weighted by Crippen LogP contribution is 2.28. The van der Waals surface area contributed by atoms with Crippen molar-refractivity contribution in [2.75, 3.05) is 18.4 Å². The van der Waals surface area contributed by atoms with Gasteiger partial charge in [-0.3, -0.25) is 10.1 Å². The van der Waals surface area contributed by atoms with Gasteiger partial charge in [0.25, 0.3) is 5.91 Å². The predicted molar refractivity (Wildman–Crippen MR) is 117 cm³/mol. The van der Waals surface area contributed by atoms with Gasteiger partial charge in [-0.05, 0) is 30.7 Å². The van der Waals surface area contributed by atoms with Crippen molar-refractivity contribution < 1.29 is 17.6 Å². The molecule has 3 rings (SSSR count). The lowest BCUT2D eigenvalue weighted by atomic mass is 10.1. The highest BCUT2D eigenvalue weighted by atomic mass is 32.2. The van der Waals surface area contributed by atoms with Gasteiger partial charge in [-0.25, -0.2) is 17.8 Å². The topological polar surface area (TPSA) is 79.4 Å². The van der Waals surface area contributed by atoms with E-state index in [-0.39, 0.29) is 23.5 Å². The summed E-state index contributed by atoms with van der Waals surface area (Å²) in [6.45, 7) is 5.95. The third-order valence-corrected chi connectivity index (χ3v) is 7.47. The van der Waals surface area contributed by atoms with Crippen LogP contribution in [0.1, 0.15) is 29.8 Å². The number of thiazole rings is 1. The standard InChI is InChI=1S/C21H22FN3O3S2/c1-4-25(5-2)30(27,28)15-10-11-18(22)17(12-15)20(26)24-21-23-19(13-29-21)16-9-7-6-8-14(16)3/h6-13H,4-5H2,1-3H3,(H,23,24,26). The van der Waals surface area contributed by atoms with E-state index in [0.717, 1.165) is 23.3 Å². The summed E-state index contributed by atoms with van der Waals surface area (Å²) in [5.74, 6) is -1.56. The van der Waals surface area contributed by atoms with Crippen molar-refractivity contribution in [3.8, 4) is 11.3 Å². The zero-order valence-electron chi connectivity index (χ0n) is 16.8. The van der Waals surface area contributed by atoms with Crippen molar-refractivity contribution >= 4 is 32.4 Å². The van der Waals surface area contributed by atoms with Crippen LogP contribution in [0.4, 0.5) is 9.52 Å². The average molecular weight is 448 g/mol. The van der Waals surface area contributed by atoms with Gasteiger partial charge in [0.05, 0.1) is 16.2 Å². The van der Waals surface area contributed by atoms with Gasteiger partial charge in [0.2, 0.25) is 10.0 Å². The Labute approximate surface area is 179 Å². The summed E-state index contributed by atoms with van der Waals surface area (Å²) >= 11 is 1.21. The summed E-state index contributed by atoms with van der Waals surface area (Å²) in [5, 5.41) is 4.67. The lowest BCUT2D eigenvalue weighted by Crippen LogP contribution is -2.31. The molecular weight excluding hydrogens is 425 g/mol. The van der Waals surface area contributed by atoms with E-state index in [0.29, 0.717) is 10.8 Å². The number of nitrogens with zero attached hydrogens (tertiary/aromatic N) is 2. The summed E-state index contributed by atoms with van der Waals surface area (Å²) in [5.41, 5.74) is 2.33. The molecule has 0 aliphatic rings. The molecule has 1 N–H and O–H groups in total. The fourth-order valence-corrected chi connectivity index (χ4v) is 5.22. The molecule has 0 unspecified atom stereocenters. The number of halogens is 1. The first kappa shape index (κ1) is 22.1. The first-order valence-electron chi connectivity index (χ1n) is 9.40. The first-order valence-corrected chi connectivity index (χ1v) is 11.7. The Kier molecular flexibility index (Phi) is 6.64. The highest BCUT2D eigenvalue weighted by Gasteiger charge is 2.24. The molecule has 30 heavy (non-hydrogen) atoms. The van der Waals surface area contributed by atoms with E-state index in [1.165, 1.54) is 21.7 Å². The van der Waals surface area contributed by atoms with Crippen LogP contribution in [0, 0.1) is 12.7 Å². The molecule has 1 aromatic heterocycles. The van der Waals surface area contributed by atoms with Crippen LogP contribution in [0.3, 0.4) is 0 Å².